The minimum Gasteiger partial charge on any atom is -0.435 e. The summed E-state index contributed by atoms with van der Waals surface area (Å²) in [6.45, 7) is 12.9. The maximum absolute atomic E-state index is 13.3. The Kier molecular flexibility index (Phi) is 9.35. The Morgan fingerprint density at radius 2 is 1.94 bits per heavy atom. The highest BCUT2D eigenvalue weighted by atomic mass is 16.6. The Labute approximate surface area is 193 Å². The zero-order valence-corrected chi connectivity index (χ0v) is 20.3. The molecule has 4 nitrogen and oxygen atoms in total. The van der Waals surface area contributed by atoms with Crippen LogP contribution in [0, 0.1) is 24.2 Å². The Morgan fingerprint density at radius 1 is 1.25 bits per heavy atom. The van der Waals surface area contributed by atoms with E-state index >= 15 is 0 Å². The summed E-state index contributed by atoms with van der Waals surface area (Å²) in [7, 11) is 0. The van der Waals surface area contributed by atoms with E-state index in [1.807, 2.05) is 24.3 Å². The molecule has 1 aromatic rings. The van der Waals surface area contributed by atoms with Crippen LogP contribution in [0.3, 0.4) is 0 Å². The third-order valence-electron chi connectivity index (χ3n) is 5.78. The number of rotatable bonds is 9. The molecular weight excluding hydrogens is 398 g/mol. The maximum Gasteiger partial charge on any atom is 0.342 e. The number of ether oxygens (including phenoxy) is 1. The van der Waals surface area contributed by atoms with Crippen LogP contribution in [0.1, 0.15) is 65.5 Å². The molecule has 172 valence electrons. The van der Waals surface area contributed by atoms with Crippen molar-refractivity contribution >= 4 is 11.5 Å². The zero-order chi connectivity index (χ0) is 23.8. The van der Waals surface area contributed by atoms with Crippen molar-refractivity contribution in [3.8, 4) is 12.3 Å². The van der Waals surface area contributed by atoms with Gasteiger partial charge in [-0.05, 0) is 42.4 Å². The van der Waals surface area contributed by atoms with E-state index in [9.17, 15) is 9.90 Å². The number of nitrogens with zero attached hydrogens (tertiary/aromatic N) is 1. The van der Waals surface area contributed by atoms with Crippen LogP contribution in [-0.4, -0.2) is 35.4 Å². The molecule has 0 amide bonds. The Morgan fingerprint density at radius 3 is 2.47 bits per heavy atom. The lowest BCUT2D eigenvalue weighted by Gasteiger charge is -2.45. The normalized spacial score (nSPS) is 17.0. The fourth-order valence-electron chi connectivity index (χ4n) is 4.60. The summed E-state index contributed by atoms with van der Waals surface area (Å²) in [4.78, 5) is 15.6. The van der Waals surface area contributed by atoms with E-state index in [1.165, 1.54) is 0 Å². The number of aliphatic hydroxyl groups is 1. The van der Waals surface area contributed by atoms with Gasteiger partial charge in [-0.1, -0.05) is 77.3 Å². The van der Waals surface area contributed by atoms with E-state index in [1.54, 1.807) is 0 Å². The van der Waals surface area contributed by atoms with Crippen LogP contribution in [0.15, 0.2) is 53.3 Å². The highest BCUT2D eigenvalue weighted by molar-refractivity contribution is 6.09. The number of aliphatic hydroxyl groups excluding tert-OH is 1. The second-order valence-corrected chi connectivity index (χ2v) is 8.66. The molecule has 0 saturated heterocycles. The highest BCUT2D eigenvalue weighted by Crippen LogP contribution is 2.44. The number of likely N-dealkylation sites (N-methyl/N-ethyl adjacent to an activating group) is 1. The van der Waals surface area contributed by atoms with Gasteiger partial charge in [0.05, 0.1) is 11.6 Å². The van der Waals surface area contributed by atoms with Crippen molar-refractivity contribution in [3.05, 3.63) is 64.4 Å². The maximum atomic E-state index is 13.3. The number of benzene rings is 1. The molecule has 0 spiro atoms. The standard InChI is InChI=1S/C28H37NO3/c1-8-11-12-17-23-24(22-16-14-13-15-21(22)9-2)25(28(31)32-18-30)27(20(6)7)29(10-3)26(23)19(4)5/h2,12-17,19-20,26,30H,8,10-11,18H2,1,3-7H3. The fourth-order valence-corrected chi connectivity index (χ4v) is 4.60. The van der Waals surface area contributed by atoms with E-state index in [0.29, 0.717) is 11.5 Å². The summed E-state index contributed by atoms with van der Waals surface area (Å²) in [5.74, 6) is 2.64. The average Bonchev–Trinajstić information content (AvgIpc) is 2.77. The van der Waals surface area contributed by atoms with Crippen LogP contribution in [0.25, 0.3) is 5.57 Å². The van der Waals surface area contributed by atoms with Crippen LogP contribution in [-0.2, 0) is 9.53 Å². The van der Waals surface area contributed by atoms with Crippen molar-refractivity contribution in [2.24, 2.45) is 11.8 Å². The van der Waals surface area contributed by atoms with Gasteiger partial charge < -0.3 is 14.7 Å². The number of carbonyl (C=O) groups is 1. The summed E-state index contributed by atoms with van der Waals surface area (Å²) in [6.07, 6.45) is 12.2. The van der Waals surface area contributed by atoms with Crippen LogP contribution < -0.4 is 0 Å². The summed E-state index contributed by atoms with van der Waals surface area (Å²) in [5.41, 5.74) is 4.87. The molecule has 0 fully saturated rings. The van der Waals surface area contributed by atoms with Crippen molar-refractivity contribution in [2.75, 3.05) is 13.3 Å². The molecular formula is C28H37NO3. The molecule has 1 heterocycles. The number of hydrogen-bond acceptors (Lipinski definition) is 4. The van der Waals surface area contributed by atoms with Gasteiger partial charge in [0.25, 0.3) is 0 Å². The molecule has 1 N–H and O–H groups in total. The van der Waals surface area contributed by atoms with Gasteiger partial charge in [0, 0.05) is 23.4 Å². The number of unbranched alkanes of at least 4 members (excludes halogenated alkanes) is 1. The Bertz CT molecular complexity index is 944. The predicted molar refractivity (Wildman–Crippen MR) is 131 cm³/mol. The minimum atomic E-state index is -0.668. The molecule has 1 aliphatic rings. The topological polar surface area (TPSA) is 49.8 Å². The smallest absolute Gasteiger partial charge is 0.342 e. The molecule has 0 saturated carbocycles. The average molecular weight is 436 g/mol. The molecule has 32 heavy (non-hydrogen) atoms. The number of esters is 1. The third-order valence-corrected chi connectivity index (χ3v) is 5.78. The van der Waals surface area contributed by atoms with Gasteiger partial charge in [-0.15, -0.1) is 6.42 Å². The number of carbonyl (C=O) groups excluding carboxylic acids is 1. The number of allylic oxidation sites excluding steroid dienone is 2. The van der Waals surface area contributed by atoms with E-state index < -0.39 is 12.8 Å². The number of terminal acetylenes is 1. The van der Waals surface area contributed by atoms with Gasteiger partial charge >= 0.3 is 5.97 Å². The van der Waals surface area contributed by atoms with Crippen molar-refractivity contribution in [1.82, 2.24) is 4.90 Å². The first-order chi connectivity index (χ1) is 15.3. The quantitative estimate of drug-likeness (QED) is 0.314. The van der Waals surface area contributed by atoms with Gasteiger partial charge in [-0.3, -0.25) is 0 Å². The predicted octanol–water partition coefficient (Wildman–Crippen LogP) is 5.54. The monoisotopic (exact) mass is 435 g/mol. The lowest BCUT2D eigenvalue weighted by molar-refractivity contribution is -0.146. The van der Waals surface area contributed by atoms with E-state index in [2.05, 4.69) is 64.5 Å². The van der Waals surface area contributed by atoms with Crippen molar-refractivity contribution in [2.45, 2.75) is 60.4 Å². The van der Waals surface area contributed by atoms with Gasteiger partial charge in [-0.2, -0.15) is 0 Å². The van der Waals surface area contributed by atoms with Crippen molar-refractivity contribution < 1.29 is 14.6 Å². The van der Waals surface area contributed by atoms with Crippen LogP contribution in [0.2, 0.25) is 0 Å². The lowest BCUT2D eigenvalue weighted by Crippen LogP contribution is -2.45. The molecule has 0 radical (unpaired) electrons. The Hall–Kier alpha value is -2.77. The van der Waals surface area contributed by atoms with E-state index in [4.69, 9.17) is 11.2 Å². The molecule has 0 aromatic heterocycles. The highest BCUT2D eigenvalue weighted by Gasteiger charge is 2.39. The van der Waals surface area contributed by atoms with Gasteiger partial charge in [-0.25, -0.2) is 4.79 Å². The van der Waals surface area contributed by atoms with Crippen molar-refractivity contribution in [1.29, 1.82) is 0 Å². The SMILES string of the molecule is C#Cc1ccccc1C1=C(C=CCCC)C(C(C)C)N(CC)C(C(C)C)=C1C(=O)OCO. The fraction of sp³-hybridized carbons (Fsp3) is 0.464. The first-order valence-corrected chi connectivity index (χ1v) is 11.6. The molecule has 4 heteroatoms. The summed E-state index contributed by atoms with van der Waals surface area (Å²) in [6, 6.07) is 7.80. The first-order valence-electron chi connectivity index (χ1n) is 11.6. The van der Waals surface area contributed by atoms with E-state index in [-0.39, 0.29) is 12.0 Å². The molecule has 1 aliphatic heterocycles. The van der Waals surface area contributed by atoms with Crippen LogP contribution in [0.5, 0.6) is 0 Å². The zero-order valence-electron chi connectivity index (χ0n) is 20.3. The largest absolute Gasteiger partial charge is 0.435 e. The van der Waals surface area contributed by atoms with E-state index in [0.717, 1.165) is 47.4 Å². The molecule has 0 aliphatic carbocycles. The minimum absolute atomic E-state index is 0.0756. The van der Waals surface area contributed by atoms with Gasteiger partial charge in [0.2, 0.25) is 0 Å². The van der Waals surface area contributed by atoms with Gasteiger partial charge in [0.15, 0.2) is 6.79 Å². The van der Waals surface area contributed by atoms with Gasteiger partial charge in [0.1, 0.15) is 0 Å². The van der Waals surface area contributed by atoms with Crippen LogP contribution >= 0.6 is 0 Å². The summed E-state index contributed by atoms with van der Waals surface area (Å²) >= 11 is 0. The van der Waals surface area contributed by atoms with Crippen molar-refractivity contribution in [3.63, 3.8) is 0 Å². The third kappa shape index (κ3) is 5.16. The second kappa shape index (κ2) is 11.7. The number of hydrogen-bond donors (Lipinski definition) is 1. The first kappa shape index (κ1) is 25.5. The second-order valence-electron chi connectivity index (χ2n) is 8.66. The summed E-state index contributed by atoms with van der Waals surface area (Å²) in [5, 5.41) is 9.41. The molecule has 1 aromatic carbocycles. The molecule has 0 bridgehead atoms. The molecule has 1 unspecified atom stereocenters. The molecule has 2 rings (SSSR count). The molecule has 1 atom stereocenters. The van der Waals surface area contributed by atoms with Crippen LogP contribution in [0.4, 0.5) is 0 Å². The summed E-state index contributed by atoms with van der Waals surface area (Å²) < 4.78 is 5.17. The Balaban J connectivity index is 3.06. The lowest BCUT2D eigenvalue weighted by atomic mass is 9.77.